The molecule has 0 unspecified atom stereocenters. The highest BCUT2D eigenvalue weighted by atomic mass is 16.7. The van der Waals surface area contributed by atoms with Crippen LogP contribution in [-0.4, -0.2) is 20.2 Å². The summed E-state index contributed by atoms with van der Waals surface area (Å²) in [6.07, 6.45) is 2.91. The summed E-state index contributed by atoms with van der Waals surface area (Å²) in [6, 6.07) is 12.2. The van der Waals surface area contributed by atoms with Crippen molar-refractivity contribution in [2.24, 2.45) is 11.8 Å². The molecular formula is C21H20O5. The molecule has 0 saturated carbocycles. The van der Waals surface area contributed by atoms with Crippen LogP contribution in [0.5, 0.6) is 23.0 Å². The van der Waals surface area contributed by atoms with Gasteiger partial charge in [0, 0.05) is 5.92 Å². The Kier molecular flexibility index (Phi) is 3.75. The molecular weight excluding hydrogens is 332 g/mol. The van der Waals surface area contributed by atoms with Gasteiger partial charge in [-0.15, -0.1) is 6.58 Å². The summed E-state index contributed by atoms with van der Waals surface area (Å²) in [5.74, 6) is 3.81. The summed E-state index contributed by atoms with van der Waals surface area (Å²) in [5.41, 5.74) is 2.33. The highest BCUT2D eigenvalue weighted by molar-refractivity contribution is 5.46. The van der Waals surface area contributed by atoms with Crippen LogP contribution < -0.4 is 18.9 Å². The summed E-state index contributed by atoms with van der Waals surface area (Å²) >= 11 is 0. The van der Waals surface area contributed by atoms with Crippen LogP contribution in [0.15, 0.2) is 49.1 Å². The van der Waals surface area contributed by atoms with Crippen molar-refractivity contribution < 1.29 is 23.7 Å². The van der Waals surface area contributed by atoms with Crippen molar-refractivity contribution in [2.75, 3.05) is 20.2 Å². The first-order chi connectivity index (χ1) is 12.8. The van der Waals surface area contributed by atoms with Crippen molar-refractivity contribution in [3.05, 3.63) is 60.2 Å². The van der Waals surface area contributed by atoms with Crippen molar-refractivity contribution in [3.8, 4) is 23.0 Å². The molecule has 3 atom stereocenters. The molecule has 1 saturated heterocycles. The summed E-state index contributed by atoms with van der Waals surface area (Å²) in [4.78, 5) is 0. The van der Waals surface area contributed by atoms with E-state index >= 15 is 0 Å². The maximum absolute atomic E-state index is 6.16. The van der Waals surface area contributed by atoms with Crippen LogP contribution in [0.1, 0.15) is 17.2 Å². The lowest BCUT2D eigenvalue weighted by Gasteiger charge is -2.20. The first kappa shape index (κ1) is 15.6. The Morgan fingerprint density at radius 1 is 0.885 bits per heavy atom. The lowest BCUT2D eigenvalue weighted by atomic mass is 9.84. The normalized spacial score (nSPS) is 25.5. The van der Waals surface area contributed by atoms with Gasteiger partial charge in [0.1, 0.15) is 0 Å². The first-order valence-corrected chi connectivity index (χ1v) is 8.84. The van der Waals surface area contributed by atoms with Gasteiger partial charge in [-0.1, -0.05) is 18.2 Å². The number of fused-ring (bicyclic) bond motifs is 2. The Morgan fingerprint density at radius 3 is 2.35 bits per heavy atom. The number of hydrogen-bond acceptors (Lipinski definition) is 5. The van der Waals surface area contributed by atoms with Crippen LogP contribution >= 0.6 is 0 Å². The largest absolute Gasteiger partial charge is 0.454 e. The second-order valence-electron chi connectivity index (χ2n) is 6.83. The third kappa shape index (κ3) is 2.59. The quantitative estimate of drug-likeness (QED) is 0.782. The van der Waals surface area contributed by atoms with Gasteiger partial charge in [-0.25, -0.2) is 0 Å². The molecule has 0 radical (unpaired) electrons. The van der Waals surface area contributed by atoms with Crippen molar-refractivity contribution in [1.82, 2.24) is 0 Å². The standard InChI is InChI=1S/C21H20O5/c1-2-16-15(7-13-3-5-17-19(8-13)25-11-23-17)10-22-21(16)14-4-6-18-20(9-14)26-12-24-18/h2-6,8-9,15-16,21H,1,7,10-12H2/t15-,16+,21+/m1/s1. The summed E-state index contributed by atoms with van der Waals surface area (Å²) in [6.45, 7) is 5.34. The van der Waals surface area contributed by atoms with Crippen LogP contribution in [-0.2, 0) is 11.2 Å². The van der Waals surface area contributed by atoms with Crippen molar-refractivity contribution in [1.29, 1.82) is 0 Å². The zero-order valence-corrected chi connectivity index (χ0v) is 14.4. The van der Waals surface area contributed by atoms with Crippen LogP contribution in [0.25, 0.3) is 0 Å². The monoisotopic (exact) mass is 352 g/mol. The van der Waals surface area contributed by atoms with Crippen molar-refractivity contribution >= 4 is 0 Å². The van der Waals surface area contributed by atoms with E-state index in [1.165, 1.54) is 5.56 Å². The highest BCUT2D eigenvalue weighted by Gasteiger charge is 2.37. The van der Waals surface area contributed by atoms with E-state index in [0.717, 1.165) is 35.0 Å². The molecule has 1 fully saturated rings. The molecule has 0 aromatic heterocycles. The highest BCUT2D eigenvalue weighted by Crippen LogP contribution is 2.44. The van der Waals surface area contributed by atoms with Gasteiger partial charge < -0.3 is 23.7 Å². The Labute approximate surface area is 152 Å². The molecule has 0 N–H and O–H groups in total. The molecule has 3 aliphatic rings. The van der Waals surface area contributed by atoms with Crippen LogP contribution in [0, 0.1) is 11.8 Å². The maximum atomic E-state index is 6.16. The minimum Gasteiger partial charge on any atom is -0.454 e. The minimum absolute atomic E-state index is 0.0130. The van der Waals surface area contributed by atoms with E-state index in [4.69, 9.17) is 23.7 Å². The zero-order chi connectivity index (χ0) is 17.5. The Hall–Kier alpha value is -2.66. The Balaban J connectivity index is 1.36. The predicted octanol–water partition coefficient (Wildman–Crippen LogP) is 3.88. The molecule has 3 heterocycles. The van der Waals surface area contributed by atoms with E-state index < -0.39 is 0 Å². The van der Waals surface area contributed by atoms with E-state index in [9.17, 15) is 0 Å². The molecule has 0 aliphatic carbocycles. The molecule has 2 aromatic rings. The van der Waals surface area contributed by atoms with Crippen LogP contribution in [0.4, 0.5) is 0 Å². The molecule has 134 valence electrons. The first-order valence-electron chi connectivity index (χ1n) is 8.84. The Morgan fingerprint density at radius 2 is 1.58 bits per heavy atom. The van der Waals surface area contributed by atoms with Gasteiger partial charge in [0.15, 0.2) is 23.0 Å². The van der Waals surface area contributed by atoms with Gasteiger partial charge in [-0.2, -0.15) is 0 Å². The average molecular weight is 352 g/mol. The van der Waals surface area contributed by atoms with Gasteiger partial charge in [-0.3, -0.25) is 0 Å². The summed E-state index contributed by atoms with van der Waals surface area (Å²) in [5, 5.41) is 0. The number of rotatable bonds is 4. The summed E-state index contributed by atoms with van der Waals surface area (Å²) < 4.78 is 27.9. The topological polar surface area (TPSA) is 46.2 Å². The predicted molar refractivity (Wildman–Crippen MR) is 94.7 cm³/mol. The lowest BCUT2D eigenvalue weighted by molar-refractivity contribution is 0.0975. The van der Waals surface area contributed by atoms with E-state index in [0.29, 0.717) is 19.3 Å². The fourth-order valence-electron chi connectivity index (χ4n) is 3.99. The molecule has 0 amide bonds. The number of ether oxygens (including phenoxy) is 5. The number of benzene rings is 2. The smallest absolute Gasteiger partial charge is 0.231 e. The fourth-order valence-corrected chi connectivity index (χ4v) is 3.99. The average Bonchev–Trinajstić information content (AvgIpc) is 3.39. The van der Waals surface area contributed by atoms with Crippen molar-refractivity contribution in [3.63, 3.8) is 0 Å². The molecule has 5 heteroatoms. The SMILES string of the molecule is C=C[C@H]1[C@H](Cc2ccc3c(c2)OCO3)CO[C@H]1c1ccc2c(c1)OCO2. The molecule has 26 heavy (non-hydrogen) atoms. The van der Waals surface area contributed by atoms with E-state index in [-0.39, 0.29) is 18.8 Å². The summed E-state index contributed by atoms with van der Waals surface area (Å²) in [7, 11) is 0. The van der Waals surface area contributed by atoms with E-state index in [1.807, 2.05) is 24.3 Å². The lowest BCUT2D eigenvalue weighted by Crippen LogP contribution is -2.15. The molecule has 5 rings (SSSR count). The maximum Gasteiger partial charge on any atom is 0.231 e. The van der Waals surface area contributed by atoms with Crippen molar-refractivity contribution in [2.45, 2.75) is 12.5 Å². The fraction of sp³-hybridized carbons (Fsp3) is 0.333. The molecule has 2 aromatic carbocycles. The van der Waals surface area contributed by atoms with Gasteiger partial charge in [0.05, 0.1) is 12.7 Å². The third-order valence-electron chi connectivity index (χ3n) is 5.32. The third-order valence-corrected chi connectivity index (χ3v) is 5.32. The molecule has 5 nitrogen and oxygen atoms in total. The van der Waals surface area contributed by atoms with Gasteiger partial charge in [0.2, 0.25) is 13.6 Å². The molecule has 3 aliphatic heterocycles. The molecule has 0 bridgehead atoms. The Bertz CT molecular complexity index is 846. The van der Waals surface area contributed by atoms with Gasteiger partial charge in [0.25, 0.3) is 0 Å². The molecule has 0 spiro atoms. The van der Waals surface area contributed by atoms with Gasteiger partial charge >= 0.3 is 0 Å². The van der Waals surface area contributed by atoms with Gasteiger partial charge in [-0.05, 0) is 47.7 Å². The van der Waals surface area contributed by atoms with E-state index in [2.05, 4.69) is 24.8 Å². The zero-order valence-electron chi connectivity index (χ0n) is 14.4. The second-order valence-corrected chi connectivity index (χ2v) is 6.83. The van der Waals surface area contributed by atoms with Crippen LogP contribution in [0.2, 0.25) is 0 Å². The van der Waals surface area contributed by atoms with Crippen LogP contribution in [0.3, 0.4) is 0 Å². The minimum atomic E-state index is -0.0130. The van der Waals surface area contributed by atoms with E-state index in [1.54, 1.807) is 0 Å². The number of hydrogen-bond donors (Lipinski definition) is 0. The second kappa shape index (κ2) is 6.25.